The predicted molar refractivity (Wildman–Crippen MR) is 48.9 cm³/mol. The zero-order chi connectivity index (χ0) is 9.97. The minimum Gasteiger partial charge on any atom is -0.477 e. The number of rotatable bonds is 2. The summed E-state index contributed by atoms with van der Waals surface area (Å²) in [6.45, 7) is 0. The molecule has 0 aromatic carbocycles. The van der Waals surface area contributed by atoms with Crippen LogP contribution in [0.1, 0.15) is 16.2 Å². The van der Waals surface area contributed by atoms with Crippen molar-refractivity contribution in [1.82, 2.24) is 21.0 Å². The molecule has 6 heteroatoms. The van der Waals surface area contributed by atoms with Gasteiger partial charge in [-0.25, -0.2) is 4.79 Å². The van der Waals surface area contributed by atoms with Crippen molar-refractivity contribution in [1.29, 1.82) is 0 Å². The van der Waals surface area contributed by atoms with E-state index in [9.17, 15) is 4.79 Å². The van der Waals surface area contributed by atoms with Gasteiger partial charge in [-0.05, 0) is 12.1 Å². The molecule has 72 valence electrons. The molecule has 0 spiro atoms. The van der Waals surface area contributed by atoms with Gasteiger partial charge in [-0.15, -0.1) is 0 Å². The fourth-order valence-corrected chi connectivity index (χ4v) is 1.09. The fourth-order valence-electron chi connectivity index (χ4n) is 1.09. The van der Waals surface area contributed by atoms with Crippen LogP contribution in [0.2, 0.25) is 0 Å². The number of carboxylic acid groups (broad SMARTS) is 1. The first kappa shape index (κ1) is 8.36. The van der Waals surface area contributed by atoms with E-state index in [4.69, 9.17) is 5.11 Å². The molecule has 1 aromatic heterocycles. The van der Waals surface area contributed by atoms with Crippen LogP contribution in [-0.4, -0.2) is 21.3 Å². The van der Waals surface area contributed by atoms with Gasteiger partial charge in [0.05, 0.1) is 5.69 Å². The molecule has 0 amide bonds. The van der Waals surface area contributed by atoms with Crippen LogP contribution in [0.15, 0.2) is 24.5 Å². The molecule has 0 bridgehead atoms. The van der Waals surface area contributed by atoms with Crippen molar-refractivity contribution in [3.05, 3.63) is 35.9 Å². The van der Waals surface area contributed by atoms with Gasteiger partial charge in [0.15, 0.2) is 0 Å². The summed E-state index contributed by atoms with van der Waals surface area (Å²) >= 11 is 0. The Morgan fingerprint density at radius 3 is 2.86 bits per heavy atom. The number of H-pyrrole nitrogens is 1. The maximum atomic E-state index is 10.6. The van der Waals surface area contributed by atoms with Crippen molar-refractivity contribution >= 4 is 11.5 Å². The third kappa shape index (κ3) is 1.45. The molecular weight excluding hydrogens is 184 g/mol. The zero-order valence-corrected chi connectivity index (χ0v) is 7.11. The Labute approximate surface area is 79.3 Å². The van der Waals surface area contributed by atoms with E-state index in [1.54, 1.807) is 18.5 Å². The Balaban J connectivity index is 2.28. The number of aromatic nitrogens is 2. The second kappa shape index (κ2) is 3.25. The molecule has 1 aliphatic heterocycles. The van der Waals surface area contributed by atoms with Crippen molar-refractivity contribution < 1.29 is 9.90 Å². The molecule has 0 saturated carbocycles. The number of aromatic carboxylic acids is 1. The van der Waals surface area contributed by atoms with Gasteiger partial charge >= 0.3 is 5.97 Å². The lowest BCUT2D eigenvalue weighted by Crippen LogP contribution is -2.23. The first-order chi connectivity index (χ1) is 6.77. The Kier molecular flexibility index (Phi) is 1.94. The average molecular weight is 192 g/mol. The topological polar surface area (TPSA) is 90.0 Å². The smallest absolute Gasteiger partial charge is 0.353 e. The summed E-state index contributed by atoms with van der Waals surface area (Å²) < 4.78 is 0. The molecule has 0 fully saturated rings. The standard InChI is InChI=1S/C8H8N4O2/c13-8(14)7-3-6(11-12-7)5-1-2-9-10-4-5/h1-4,9-10H,(H,11,12)(H,13,14). The van der Waals surface area contributed by atoms with Gasteiger partial charge in [0.25, 0.3) is 0 Å². The van der Waals surface area contributed by atoms with Gasteiger partial charge < -0.3 is 16.0 Å². The van der Waals surface area contributed by atoms with Gasteiger partial charge in [-0.3, -0.25) is 5.10 Å². The van der Waals surface area contributed by atoms with E-state index in [1.807, 2.05) is 0 Å². The average Bonchev–Trinajstić information content (AvgIpc) is 2.68. The van der Waals surface area contributed by atoms with E-state index < -0.39 is 5.97 Å². The van der Waals surface area contributed by atoms with Crippen LogP contribution >= 0.6 is 0 Å². The molecule has 1 aromatic rings. The quantitative estimate of drug-likeness (QED) is 0.532. The van der Waals surface area contributed by atoms with Gasteiger partial charge in [-0.2, -0.15) is 5.10 Å². The second-order valence-corrected chi connectivity index (χ2v) is 2.69. The van der Waals surface area contributed by atoms with Crippen LogP contribution in [0.25, 0.3) is 5.57 Å². The zero-order valence-electron chi connectivity index (χ0n) is 7.11. The van der Waals surface area contributed by atoms with E-state index in [0.717, 1.165) is 5.57 Å². The van der Waals surface area contributed by atoms with Crippen molar-refractivity contribution in [2.24, 2.45) is 0 Å². The number of carboxylic acids is 1. The SMILES string of the molecule is O=C(O)c1cc(C2=CNNC=C2)n[nH]1. The Morgan fingerprint density at radius 2 is 2.29 bits per heavy atom. The van der Waals surface area contributed by atoms with Crippen LogP contribution in [0.3, 0.4) is 0 Å². The first-order valence-electron chi connectivity index (χ1n) is 3.94. The van der Waals surface area contributed by atoms with Gasteiger partial charge in [0.1, 0.15) is 5.69 Å². The molecule has 0 radical (unpaired) electrons. The number of nitrogens with one attached hydrogen (secondary N) is 3. The van der Waals surface area contributed by atoms with E-state index in [1.165, 1.54) is 6.07 Å². The van der Waals surface area contributed by atoms with E-state index in [0.29, 0.717) is 5.69 Å². The third-order valence-electron chi connectivity index (χ3n) is 1.76. The highest BCUT2D eigenvalue weighted by Gasteiger charge is 2.10. The van der Waals surface area contributed by atoms with Gasteiger partial charge in [0.2, 0.25) is 0 Å². The lowest BCUT2D eigenvalue weighted by Gasteiger charge is -2.06. The summed E-state index contributed by atoms with van der Waals surface area (Å²) in [7, 11) is 0. The Hall–Kier alpha value is -2.24. The summed E-state index contributed by atoms with van der Waals surface area (Å²) in [4.78, 5) is 10.6. The van der Waals surface area contributed by atoms with Crippen LogP contribution in [0, 0.1) is 0 Å². The fraction of sp³-hybridized carbons (Fsp3) is 0. The molecule has 0 aliphatic carbocycles. The highest BCUT2D eigenvalue weighted by atomic mass is 16.4. The largest absolute Gasteiger partial charge is 0.477 e. The van der Waals surface area contributed by atoms with E-state index in [-0.39, 0.29) is 5.69 Å². The summed E-state index contributed by atoms with van der Waals surface area (Å²) in [6.07, 6.45) is 5.19. The first-order valence-corrected chi connectivity index (χ1v) is 3.94. The molecule has 1 aliphatic rings. The summed E-state index contributed by atoms with van der Waals surface area (Å²) in [6, 6.07) is 1.48. The van der Waals surface area contributed by atoms with Gasteiger partial charge in [0, 0.05) is 18.0 Å². The maximum Gasteiger partial charge on any atom is 0.353 e. The van der Waals surface area contributed by atoms with Gasteiger partial charge in [-0.1, -0.05) is 0 Å². The number of carbonyl (C=O) groups is 1. The maximum absolute atomic E-state index is 10.6. The van der Waals surface area contributed by atoms with Crippen molar-refractivity contribution in [3.8, 4) is 0 Å². The number of hydrogen-bond acceptors (Lipinski definition) is 4. The Morgan fingerprint density at radius 1 is 1.43 bits per heavy atom. The minimum absolute atomic E-state index is 0.0767. The highest BCUT2D eigenvalue weighted by Crippen LogP contribution is 2.14. The van der Waals surface area contributed by atoms with Crippen LogP contribution in [-0.2, 0) is 0 Å². The van der Waals surface area contributed by atoms with Crippen molar-refractivity contribution in [2.45, 2.75) is 0 Å². The van der Waals surface area contributed by atoms with E-state index >= 15 is 0 Å². The molecule has 0 atom stereocenters. The van der Waals surface area contributed by atoms with Crippen molar-refractivity contribution in [2.75, 3.05) is 0 Å². The second-order valence-electron chi connectivity index (χ2n) is 2.69. The van der Waals surface area contributed by atoms with E-state index in [2.05, 4.69) is 21.0 Å². The predicted octanol–water partition coefficient (Wildman–Crippen LogP) is 0.0703. The molecule has 6 nitrogen and oxygen atoms in total. The number of aromatic amines is 1. The molecule has 0 unspecified atom stereocenters. The molecule has 4 N–H and O–H groups in total. The highest BCUT2D eigenvalue weighted by molar-refractivity contribution is 5.87. The van der Waals surface area contributed by atoms with Crippen LogP contribution in [0.5, 0.6) is 0 Å². The number of hydrazine groups is 1. The molecule has 14 heavy (non-hydrogen) atoms. The monoisotopic (exact) mass is 192 g/mol. The molecular formula is C8H8N4O2. The number of hydrogen-bond donors (Lipinski definition) is 4. The molecule has 2 rings (SSSR count). The molecule has 0 saturated heterocycles. The number of nitrogens with zero attached hydrogens (tertiary/aromatic N) is 1. The lowest BCUT2D eigenvalue weighted by molar-refractivity contribution is 0.0690. The van der Waals surface area contributed by atoms with Crippen LogP contribution in [0.4, 0.5) is 0 Å². The minimum atomic E-state index is -1.02. The Bertz CT molecular complexity index is 419. The van der Waals surface area contributed by atoms with Crippen LogP contribution < -0.4 is 10.9 Å². The third-order valence-corrected chi connectivity index (χ3v) is 1.76. The summed E-state index contributed by atoms with van der Waals surface area (Å²) in [5.41, 5.74) is 7.00. The lowest BCUT2D eigenvalue weighted by atomic mass is 10.2. The summed E-state index contributed by atoms with van der Waals surface area (Å²) in [5, 5.41) is 15.0. The number of allylic oxidation sites excluding steroid dienone is 2. The molecule has 2 heterocycles. The summed E-state index contributed by atoms with van der Waals surface area (Å²) in [5.74, 6) is -1.02. The normalized spacial score (nSPS) is 14.1. The van der Waals surface area contributed by atoms with Crippen molar-refractivity contribution in [3.63, 3.8) is 0 Å².